The molecule has 19 heavy (non-hydrogen) atoms. The van der Waals surface area contributed by atoms with Gasteiger partial charge < -0.3 is 5.11 Å². The number of benzene rings is 2. The Morgan fingerprint density at radius 2 is 1.63 bits per heavy atom. The lowest BCUT2D eigenvalue weighted by molar-refractivity contribution is 0.178. The molecule has 100 valence electrons. The molecule has 0 aromatic heterocycles. The molecule has 1 nitrogen and oxygen atoms in total. The summed E-state index contributed by atoms with van der Waals surface area (Å²) in [6.07, 6.45) is 1.83. The lowest BCUT2D eigenvalue weighted by Crippen LogP contribution is -2.02. The third-order valence-corrected chi connectivity index (χ3v) is 4.41. The first kappa shape index (κ1) is 14.7. The van der Waals surface area contributed by atoms with Crippen molar-refractivity contribution in [2.75, 3.05) is 6.26 Å². The first-order valence-electron chi connectivity index (χ1n) is 5.86. The maximum Gasteiger partial charge on any atom is 0.0831 e. The highest BCUT2D eigenvalue weighted by molar-refractivity contribution is 7.98. The van der Waals surface area contributed by atoms with E-state index in [0.29, 0.717) is 16.5 Å². The fourth-order valence-electron chi connectivity index (χ4n) is 1.86. The van der Waals surface area contributed by atoms with E-state index in [9.17, 15) is 5.11 Å². The van der Waals surface area contributed by atoms with Crippen LogP contribution in [0.15, 0.2) is 47.4 Å². The van der Waals surface area contributed by atoms with Gasteiger partial charge in [-0.1, -0.05) is 41.4 Å². The number of halogens is 2. The number of hydrogen-bond acceptors (Lipinski definition) is 2. The summed E-state index contributed by atoms with van der Waals surface area (Å²) >= 11 is 13.9. The molecule has 0 spiro atoms. The lowest BCUT2D eigenvalue weighted by atomic mass is 10.0. The number of aliphatic hydroxyl groups excluding tert-OH is 1. The largest absolute Gasteiger partial charge is 0.388 e. The molecular weight excluding hydrogens is 299 g/mol. The summed E-state index contributed by atoms with van der Waals surface area (Å²) < 4.78 is 0. The smallest absolute Gasteiger partial charge is 0.0831 e. The predicted octanol–water partition coefficient (Wildman–Crippen LogP) is 4.99. The minimum Gasteiger partial charge on any atom is -0.388 e. The van der Waals surface area contributed by atoms with E-state index in [1.807, 2.05) is 30.5 Å². The Balaban J connectivity index is 2.18. The van der Waals surface area contributed by atoms with Crippen LogP contribution in [0.25, 0.3) is 0 Å². The summed E-state index contributed by atoms with van der Waals surface area (Å²) in [5, 5.41) is 11.4. The molecule has 0 aliphatic heterocycles. The van der Waals surface area contributed by atoms with Crippen molar-refractivity contribution >= 4 is 35.0 Å². The SMILES string of the molecule is CSc1ccc(C(O)Cc2c(Cl)cccc2Cl)cc1. The van der Waals surface area contributed by atoms with Crippen LogP contribution in [-0.2, 0) is 6.42 Å². The number of thioether (sulfide) groups is 1. The van der Waals surface area contributed by atoms with Gasteiger partial charge in [-0.25, -0.2) is 0 Å². The highest BCUT2D eigenvalue weighted by Gasteiger charge is 2.13. The summed E-state index contributed by atoms with van der Waals surface area (Å²) in [4.78, 5) is 1.17. The van der Waals surface area contributed by atoms with Crippen molar-refractivity contribution in [3.8, 4) is 0 Å². The van der Waals surface area contributed by atoms with Crippen molar-refractivity contribution in [1.82, 2.24) is 0 Å². The van der Waals surface area contributed by atoms with E-state index in [-0.39, 0.29) is 0 Å². The molecule has 1 atom stereocenters. The Labute approximate surface area is 127 Å². The van der Waals surface area contributed by atoms with Crippen LogP contribution in [0.4, 0.5) is 0 Å². The molecule has 0 fully saturated rings. The molecule has 0 amide bonds. The van der Waals surface area contributed by atoms with Crippen LogP contribution in [-0.4, -0.2) is 11.4 Å². The molecule has 2 rings (SSSR count). The highest BCUT2D eigenvalue weighted by Crippen LogP contribution is 2.29. The molecule has 0 saturated heterocycles. The molecule has 0 aliphatic carbocycles. The van der Waals surface area contributed by atoms with Gasteiger partial charge in [0.1, 0.15) is 0 Å². The van der Waals surface area contributed by atoms with Crippen LogP contribution in [0.1, 0.15) is 17.2 Å². The first-order valence-corrected chi connectivity index (χ1v) is 7.85. The molecule has 0 aliphatic rings. The lowest BCUT2D eigenvalue weighted by Gasteiger charge is -2.13. The van der Waals surface area contributed by atoms with E-state index < -0.39 is 6.10 Å². The zero-order chi connectivity index (χ0) is 13.8. The summed E-state index contributed by atoms with van der Waals surface area (Å²) in [6.45, 7) is 0. The van der Waals surface area contributed by atoms with Gasteiger partial charge in [0.2, 0.25) is 0 Å². The normalized spacial score (nSPS) is 12.4. The van der Waals surface area contributed by atoms with Crippen molar-refractivity contribution in [1.29, 1.82) is 0 Å². The zero-order valence-corrected chi connectivity index (χ0v) is 12.8. The topological polar surface area (TPSA) is 20.2 Å². The average Bonchev–Trinajstić information content (AvgIpc) is 2.43. The van der Waals surface area contributed by atoms with Gasteiger partial charge in [0.05, 0.1) is 6.10 Å². The van der Waals surface area contributed by atoms with Crippen LogP contribution in [0.5, 0.6) is 0 Å². The molecule has 2 aromatic rings. The Kier molecular flexibility index (Phi) is 5.17. The van der Waals surface area contributed by atoms with Gasteiger partial charge in [-0.3, -0.25) is 0 Å². The molecule has 1 unspecified atom stereocenters. The van der Waals surface area contributed by atoms with Crippen molar-refractivity contribution in [2.24, 2.45) is 0 Å². The summed E-state index contributed by atoms with van der Waals surface area (Å²) in [6, 6.07) is 13.2. The molecule has 2 aromatic carbocycles. The molecule has 0 heterocycles. The Morgan fingerprint density at radius 1 is 1.05 bits per heavy atom. The van der Waals surface area contributed by atoms with Crippen LogP contribution in [0.3, 0.4) is 0 Å². The summed E-state index contributed by atoms with van der Waals surface area (Å²) in [5.74, 6) is 0. The Bertz CT molecular complexity index is 534. The van der Waals surface area contributed by atoms with Crippen molar-refractivity contribution < 1.29 is 5.11 Å². The van der Waals surface area contributed by atoms with Crippen molar-refractivity contribution in [2.45, 2.75) is 17.4 Å². The Hall–Kier alpha value is -0.670. The van der Waals surface area contributed by atoms with E-state index in [2.05, 4.69) is 0 Å². The second-order valence-corrected chi connectivity index (χ2v) is 5.89. The first-order chi connectivity index (χ1) is 9.11. The maximum atomic E-state index is 10.3. The van der Waals surface area contributed by atoms with Crippen molar-refractivity contribution in [3.05, 3.63) is 63.6 Å². The quantitative estimate of drug-likeness (QED) is 0.802. The van der Waals surface area contributed by atoms with Gasteiger partial charge in [-0.05, 0) is 41.6 Å². The summed E-state index contributed by atoms with van der Waals surface area (Å²) in [5.41, 5.74) is 1.65. The summed E-state index contributed by atoms with van der Waals surface area (Å²) in [7, 11) is 0. The molecule has 4 heteroatoms. The Morgan fingerprint density at radius 3 is 2.16 bits per heavy atom. The van der Waals surface area contributed by atoms with E-state index >= 15 is 0 Å². The van der Waals surface area contributed by atoms with Crippen molar-refractivity contribution in [3.63, 3.8) is 0 Å². The maximum absolute atomic E-state index is 10.3. The van der Waals surface area contributed by atoms with Crippen LogP contribution in [0.2, 0.25) is 10.0 Å². The number of rotatable bonds is 4. The van der Waals surface area contributed by atoms with Gasteiger partial charge in [0, 0.05) is 21.4 Å². The molecule has 0 radical (unpaired) electrons. The average molecular weight is 313 g/mol. The third-order valence-electron chi connectivity index (χ3n) is 2.96. The second-order valence-electron chi connectivity index (χ2n) is 4.19. The van der Waals surface area contributed by atoms with E-state index in [1.54, 1.807) is 30.0 Å². The highest BCUT2D eigenvalue weighted by atomic mass is 35.5. The second kappa shape index (κ2) is 6.67. The molecule has 1 N–H and O–H groups in total. The van der Waals surface area contributed by atoms with E-state index in [1.165, 1.54) is 4.90 Å². The van der Waals surface area contributed by atoms with Gasteiger partial charge in [-0.15, -0.1) is 11.8 Å². The fourth-order valence-corrected chi connectivity index (χ4v) is 2.82. The standard InChI is InChI=1S/C15H14Cl2OS/c1-19-11-7-5-10(6-8-11)15(18)9-12-13(16)3-2-4-14(12)17/h2-8,15,18H,9H2,1H3. The third kappa shape index (κ3) is 3.67. The number of aliphatic hydroxyl groups is 1. The zero-order valence-electron chi connectivity index (χ0n) is 10.4. The fraction of sp³-hybridized carbons (Fsp3) is 0.200. The van der Waals surface area contributed by atoms with E-state index in [4.69, 9.17) is 23.2 Å². The molecule has 0 saturated carbocycles. The predicted molar refractivity (Wildman–Crippen MR) is 83.3 cm³/mol. The monoisotopic (exact) mass is 312 g/mol. The molecular formula is C15H14Cl2OS. The van der Waals surface area contributed by atoms with Crippen LogP contribution >= 0.6 is 35.0 Å². The van der Waals surface area contributed by atoms with E-state index in [0.717, 1.165) is 11.1 Å². The van der Waals surface area contributed by atoms with Crippen LogP contribution in [0, 0.1) is 0 Å². The minimum absolute atomic E-state index is 0.414. The van der Waals surface area contributed by atoms with Gasteiger partial charge in [0.15, 0.2) is 0 Å². The van der Waals surface area contributed by atoms with Gasteiger partial charge in [-0.2, -0.15) is 0 Å². The van der Waals surface area contributed by atoms with Gasteiger partial charge >= 0.3 is 0 Å². The molecule has 0 bridgehead atoms. The number of hydrogen-bond donors (Lipinski definition) is 1. The van der Waals surface area contributed by atoms with Gasteiger partial charge in [0.25, 0.3) is 0 Å². The van der Waals surface area contributed by atoms with Crippen LogP contribution < -0.4 is 0 Å². The minimum atomic E-state index is -0.603.